The zero-order valence-corrected chi connectivity index (χ0v) is 12.8. The van der Waals surface area contributed by atoms with Gasteiger partial charge in [-0.25, -0.2) is 9.48 Å². The molecule has 0 radical (unpaired) electrons. The normalized spacial score (nSPS) is 26.7. The van der Waals surface area contributed by atoms with Crippen LogP contribution >= 0.6 is 0 Å². The van der Waals surface area contributed by atoms with E-state index in [0.29, 0.717) is 23.5 Å². The second-order valence-corrected chi connectivity index (χ2v) is 6.51. The van der Waals surface area contributed by atoms with E-state index in [4.69, 9.17) is 0 Å². The van der Waals surface area contributed by atoms with Gasteiger partial charge in [0.05, 0.1) is 5.52 Å². The van der Waals surface area contributed by atoms with Crippen molar-refractivity contribution >= 4 is 22.9 Å². The van der Waals surface area contributed by atoms with Gasteiger partial charge in [-0.15, -0.1) is 5.10 Å². The summed E-state index contributed by atoms with van der Waals surface area (Å²) in [4.78, 5) is 26.1. The second-order valence-electron chi connectivity index (χ2n) is 6.51. The first-order valence-corrected chi connectivity index (χ1v) is 7.89. The van der Waals surface area contributed by atoms with Gasteiger partial charge in [0.1, 0.15) is 11.6 Å². The number of carboxylic acids is 1. The summed E-state index contributed by atoms with van der Waals surface area (Å²) in [5, 5.41) is 17.5. The van der Waals surface area contributed by atoms with Gasteiger partial charge in [-0.3, -0.25) is 4.79 Å². The number of hydrogen-bond acceptors (Lipinski definition) is 4. The topological polar surface area (TPSA) is 88.3 Å². The molecule has 1 aromatic carbocycles. The highest BCUT2D eigenvalue weighted by molar-refractivity contribution is 5.99. The summed E-state index contributed by atoms with van der Waals surface area (Å²) >= 11 is 0. The zero-order valence-electron chi connectivity index (χ0n) is 12.8. The summed E-state index contributed by atoms with van der Waals surface area (Å²) in [6, 6.07) is 4.51. The summed E-state index contributed by atoms with van der Waals surface area (Å²) in [7, 11) is 1.79. The largest absolute Gasteiger partial charge is 0.480 e. The molecule has 3 atom stereocenters. The molecule has 0 spiro atoms. The Morgan fingerprint density at radius 1 is 1.30 bits per heavy atom. The molecule has 0 bridgehead atoms. The predicted molar refractivity (Wildman–Crippen MR) is 81.8 cm³/mol. The second kappa shape index (κ2) is 5.04. The lowest BCUT2D eigenvalue weighted by Gasteiger charge is -2.24. The SMILES string of the molecule is Cn1nnc2cc(C(=O)N3CC4CCCC4C3C(=O)O)ccc21. The van der Waals surface area contributed by atoms with Crippen LogP contribution in [0.15, 0.2) is 18.2 Å². The van der Waals surface area contributed by atoms with E-state index in [2.05, 4.69) is 10.3 Å². The van der Waals surface area contributed by atoms with E-state index in [1.54, 1.807) is 29.9 Å². The third kappa shape index (κ3) is 2.10. The Morgan fingerprint density at radius 2 is 2.13 bits per heavy atom. The molecule has 23 heavy (non-hydrogen) atoms. The fourth-order valence-electron chi connectivity index (χ4n) is 4.17. The molecule has 3 unspecified atom stereocenters. The van der Waals surface area contributed by atoms with Crippen molar-refractivity contribution in [2.75, 3.05) is 6.54 Å². The monoisotopic (exact) mass is 314 g/mol. The molecule has 120 valence electrons. The minimum absolute atomic E-state index is 0.0942. The average Bonchev–Trinajstić information content (AvgIpc) is 3.20. The standard InChI is InChI=1S/C16H18N4O3/c1-19-13-6-5-9(7-12(13)17-18-19)15(21)20-8-10-3-2-4-11(10)14(20)16(22)23/h5-7,10-11,14H,2-4,8H2,1H3,(H,22,23). The van der Waals surface area contributed by atoms with Crippen LogP contribution in [0.1, 0.15) is 29.6 Å². The molecule has 1 N–H and O–H groups in total. The summed E-state index contributed by atoms with van der Waals surface area (Å²) < 4.78 is 1.64. The Hall–Kier alpha value is -2.44. The summed E-state index contributed by atoms with van der Waals surface area (Å²) in [6.07, 6.45) is 2.97. The number of nitrogens with zero attached hydrogens (tertiary/aromatic N) is 4. The van der Waals surface area contributed by atoms with E-state index in [9.17, 15) is 14.7 Å². The van der Waals surface area contributed by atoms with E-state index < -0.39 is 12.0 Å². The molecule has 2 heterocycles. The third-order valence-electron chi connectivity index (χ3n) is 5.26. The van der Waals surface area contributed by atoms with Gasteiger partial charge in [-0.2, -0.15) is 0 Å². The summed E-state index contributed by atoms with van der Waals surface area (Å²) in [5.74, 6) is -0.704. The molecule has 4 rings (SSSR count). The number of hydrogen-bond donors (Lipinski definition) is 1. The number of benzene rings is 1. The molecule has 1 saturated carbocycles. The molecule has 7 nitrogen and oxygen atoms in total. The van der Waals surface area contributed by atoms with Crippen molar-refractivity contribution in [1.29, 1.82) is 0 Å². The minimum Gasteiger partial charge on any atom is -0.480 e. The molecule has 2 aromatic rings. The van der Waals surface area contributed by atoms with Crippen LogP contribution in [0.3, 0.4) is 0 Å². The van der Waals surface area contributed by atoms with Gasteiger partial charge in [0.15, 0.2) is 0 Å². The fraction of sp³-hybridized carbons (Fsp3) is 0.500. The van der Waals surface area contributed by atoms with Gasteiger partial charge < -0.3 is 10.0 Å². The van der Waals surface area contributed by atoms with Crippen LogP contribution in [-0.2, 0) is 11.8 Å². The highest BCUT2D eigenvalue weighted by atomic mass is 16.4. The lowest BCUT2D eigenvalue weighted by Crippen LogP contribution is -2.43. The number of aromatic nitrogens is 3. The van der Waals surface area contributed by atoms with Crippen molar-refractivity contribution < 1.29 is 14.7 Å². The first-order chi connectivity index (χ1) is 11.1. The zero-order chi connectivity index (χ0) is 16.1. The van der Waals surface area contributed by atoms with E-state index in [1.165, 1.54) is 4.90 Å². The van der Waals surface area contributed by atoms with Crippen LogP contribution in [0, 0.1) is 11.8 Å². The quantitative estimate of drug-likeness (QED) is 0.902. The van der Waals surface area contributed by atoms with Gasteiger partial charge in [-0.1, -0.05) is 11.6 Å². The predicted octanol–water partition coefficient (Wildman–Crippen LogP) is 1.29. The van der Waals surface area contributed by atoms with Gasteiger partial charge >= 0.3 is 5.97 Å². The van der Waals surface area contributed by atoms with Crippen LogP contribution in [0.4, 0.5) is 0 Å². The maximum atomic E-state index is 12.9. The smallest absolute Gasteiger partial charge is 0.326 e. The van der Waals surface area contributed by atoms with Crippen LogP contribution in [0.2, 0.25) is 0 Å². The number of rotatable bonds is 2. The number of carboxylic acid groups (broad SMARTS) is 1. The van der Waals surface area contributed by atoms with E-state index >= 15 is 0 Å². The van der Waals surface area contributed by atoms with Crippen molar-refractivity contribution in [2.24, 2.45) is 18.9 Å². The number of carbonyl (C=O) groups excluding carboxylic acids is 1. The van der Waals surface area contributed by atoms with Crippen molar-refractivity contribution in [3.05, 3.63) is 23.8 Å². The van der Waals surface area contributed by atoms with Gasteiger partial charge in [-0.05, 0) is 42.9 Å². The average molecular weight is 314 g/mol. The molecule has 1 amide bonds. The maximum Gasteiger partial charge on any atom is 0.326 e. The minimum atomic E-state index is -0.895. The number of amides is 1. The van der Waals surface area contributed by atoms with Crippen molar-refractivity contribution in [3.63, 3.8) is 0 Å². The molecule has 7 heteroatoms. The molecule has 2 fully saturated rings. The lowest BCUT2D eigenvalue weighted by atomic mass is 9.94. The summed E-state index contributed by atoms with van der Waals surface area (Å²) in [6.45, 7) is 0.541. The summed E-state index contributed by atoms with van der Waals surface area (Å²) in [5.41, 5.74) is 1.96. The van der Waals surface area contributed by atoms with Gasteiger partial charge in [0.25, 0.3) is 5.91 Å². The number of aryl methyl sites for hydroxylation is 1. The Labute approximate surface area is 132 Å². The van der Waals surface area contributed by atoms with E-state index in [-0.39, 0.29) is 11.8 Å². The Kier molecular flexibility index (Phi) is 3.11. The first-order valence-electron chi connectivity index (χ1n) is 7.89. The van der Waals surface area contributed by atoms with Crippen LogP contribution in [0.5, 0.6) is 0 Å². The highest BCUT2D eigenvalue weighted by Crippen LogP contribution is 2.42. The van der Waals surface area contributed by atoms with Gasteiger partial charge in [0, 0.05) is 19.2 Å². The number of aliphatic carboxylic acids is 1. The number of likely N-dealkylation sites (tertiary alicyclic amines) is 1. The number of fused-ring (bicyclic) bond motifs is 2. The molecule has 1 saturated heterocycles. The maximum absolute atomic E-state index is 12.9. The van der Waals surface area contributed by atoms with E-state index in [1.807, 2.05) is 0 Å². The van der Waals surface area contributed by atoms with Crippen molar-refractivity contribution in [1.82, 2.24) is 19.9 Å². The molecule has 1 aliphatic carbocycles. The highest BCUT2D eigenvalue weighted by Gasteiger charge is 2.49. The molecule has 1 aliphatic heterocycles. The van der Waals surface area contributed by atoms with Crippen LogP contribution in [-0.4, -0.2) is 49.5 Å². The molecule has 2 aliphatic rings. The molecular formula is C16H18N4O3. The Bertz CT molecular complexity index is 800. The fourth-order valence-corrected chi connectivity index (χ4v) is 4.17. The Balaban J connectivity index is 1.68. The molecular weight excluding hydrogens is 296 g/mol. The Morgan fingerprint density at radius 3 is 2.91 bits per heavy atom. The molecule has 1 aromatic heterocycles. The van der Waals surface area contributed by atoms with Gasteiger partial charge in [0.2, 0.25) is 0 Å². The van der Waals surface area contributed by atoms with Crippen LogP contribution < -0.4 is 0 Å². The van der Waals surface area contributed by atoms with Crippen molar-refractivity contribution in [3.8, 4) is 0 Å². The number of carbonyl (C=O) groups is 2. The lowest BCUT2D eigenvalue weighted by molar-refractivity contribution is -0.142. The third-order valence-corrected chi connectivity index (χ3v) is 5.26. The van der Waals surface area contributed by atoms with E-state index in [0.717, 1.165) is 24.8 Å². The van der Waals surface area contributed by atoms with Crippen LogP contribution in [0.25, 0.3) is 11.0 Å². The first kappa shape index (κ1) is 14.2. The van der Waals surface area contributed by atoms with Crippen molar-refractivity contribution in [2.45, 2.75) is 25.3 Å².